The highest BCUT2D eigenvalue weighted by Gasteiger charge is 2.20. The van der Waals surface area contributed by atoms with E-state index in [4.69, 9.17) is 0 Å². The summed E-state index contributed by atoms with van der Waals surface area (Å²) in [6, 6.07) is 11.3. The van der Waals surface area contributed by atoms with Crippen LogP contribution in [-0.2, 0) is 10.0 Å². The standard InChI is InChI=1S/C16H12FN3O3S2/c17-14-7-6-12(25(22,23)20-11-4-2-1-3-5-11)10-13(14)15(21)19-16-18-8-9-24-16/h1-10,20H,(H,18,19,21). The summed E-state index contributed by atoms with van der Waals surface area (Å²) in [6.07, 6.45) is 1.49. The van der Waals surface area contributed by atoms with Gasteiger partial charge >= 0.3 is 0 Å². The van der Waals surface area contributed by atoms with Crippen molar-refractivity contribution < 1.29 is 17.6 Å². The van der Waals surface area contributed by atoms with E-state index in [2.05, 4.69) is 15.0 Å². The third kappa shape index (κ3) is 4.01. The van der Waals surface area contributed by atoms with E-state index in [1.54, 1.807) is 35.7 Å². The molecule has 1 amide bonds. The van der Waals surface area contributed by atoms with Crippen molar-refractivity contribution in [2.24, 2.45) is 0 Å². The minimum Gasteiger partial charge on any atom is -0.298 e. The number of carbonyl (C=O) groups excluding carboxylic acids is 1. The van der Waals surface area contributed by atoms with E-state index in [9.17, 15) is 17.6 Å². The van der Waals surface area contributed by atoms with Crippen LogP contribution in [0.5, 0.6) is 0 Å². The number of carbonyl (C=O) groups is 1. The van der Waals surface area contributed by atoms with Gasteiger partial charge in [-0.1, -0.05) is 18.2 Å². The van der Waals surface area contributed by atoms with Crippen LogP contribution in [0.3, 0.4) is 0 Å². The summed E-state index contributed by atoms with van der Waals surface area (Å²) in [6.45, 7) is 0. The highest BCUT2D eigenvalue weighted by molar-refractivity contribution is 7.92. The van der Waals surface area contributed by atoms with E-state index < -0.39 is 21.7 Å². The molecule has 3 aromatic rings. The molecule has 0 unspecified atom stereocenters. The second-order valence-corrected chi connectivity index (χ2v) is 7.48. The van der Waals surface area contributed by atoms with Crippen molar-refractivity contribution in [3.8, 4) is 0 Å². The van der Waals surface area contributed by atoms with Gasteiger partial charge in [0.1, 0.15) is 5.82 Å². The van der Waals surface area contributed by atoms with Gasteiger partial charge in [0.15, 0.2) is 5.13 Å². The number of anilines is 2. The van der Waals surface area contributed by atoms with Crippen molar-refractivity contribution in [2.45, 2.75) is 4.90 Å². The third-order valence-electron chi connectivity index (χ3n) is 3.17. The summed E-state index contributed by atoms with van der Waals surface area (Å²) in [5.74, 6) is -1.60. The maximum absolute atomic E-state index is 14.0. The molecule has 0 saturated carbocycles. The van der Waals surface area contributed by atoms with Crippen molar-refractivity contribution in [1.29, 1.82) is 0 Å². The molecule has 2 N–H and O–H groups in total. The molecule has 2 aromatic carbocycles. The number of rotatable bonds is 5. The summed E-state index contributed by atoms with van der Waals surface area (Å²) < 4.78 is 41.2. The molecule has 1 heterocycles. The number of halogens is 1. The number of thiazole rings is 1. The van der Waals surface area contributed by atoms with Crippen molar-refractivity contribution in [2.75, 3.05) is 10.0 Å². The summed E-state index contributed by atoms with van der Waals surface area (Å²) >= 11 is 1.17. The van der Waals surface area contributed by atoms with Gasteiger partial charge < -0.3 is 0 Å². The number of benzene rings is 2. The number of amides is 1. The number of nitrogens with one attached hydrogen (secondary N) is 2. The molecule has 0 fully saturated rings. The van der Waals surface area contributed by atoms with E-state index in [0.29, 0.717) is 10.8 Å². The molecule has 0 aliphatic heterocycles. The predicted octanol–water partition coefficient (Wildman–Crippen LogP) is 3.34. The lowest BCUT2D eigenvalue weighted by Crippen LogP contribution is -2.17. The summed E-state index contributed by atoms with van der Waals surface area (Å²) in [5, 5.41) is 4.36. The first-order valence-corrected chi connectivity index (χ1v) is 9.40. The number of aromatic nitrogens is 1. The first-order chi connectivity index (χ1) is 12.0. The van der Waals surface area contributed by atoms with Gasteiger partial charge in [-0.3, -0.25) is 14.8 Å². The van der Waals surface area contributed by atoms with Crippen LogP contribution in [0.1, 0.15) is 10.4 Å². The predicted molar refractivity (Wildman–Crippen MR) is 93.7 cm³/mol. The Kier molecular flexibility index (Phi) is 4.77. The lowest BCUT2D eigenvalue weighted by atomic mass is 10.2. The van der Waals surface area contributed by atoms with Crippen LogP contribution in [0.25, 0.3) is 0 Å². The minimum atomic E-state index is -3.96. The molecule has 0 spiro atoms. The first kappa shape index (κ1) is 17.1. The second kappa shape index (κ2) is 6.99. The zero-order valence-electron chi connectivity index (χ0n) is 12.6. The molecule has 1 aromatic heterocycles. The van der Waals surface area contributed by atoms with Crippen LogP contribution in [0.2, 0.25) is 0 Å². The van der Waals surface area contributed by atoms with Gasteiger partial charge in [-0.15, -0.1) is 11.3 Å². The molecule has 6 nitrogen and oxygen atoms in total. The normalized spacial score (nSPS) is 11.1. The van der Waals surface area contributed by atoms with Crippen LogP contribution >= 0.6 is 11.3 Å². The Labute approximate surface area is 147 Å². The van der Waals surface area contributed by atoms with E-state index in [-0.39, 0.29) is 10.5 Å². The van der Waals surface area contributed by atoms with Gasteiger partial charge in [0, 0.05) is 17.3 Å². The Bertz CT molecular complexity index is 991. The number of para-hydroxylation sites is 1. The van der Waals surface area contributed by atoms with Crippen molar-refractivity contribution >= 4 is 38.1 Å². The van der Waals surface area contributed by atoms with Gasteiger partial charge in [-0.25, -0.2) is 17.8 Å². The van der Waals surface area contributed by atoms with Gasteiger partial charge in [0.05, 0.1) is 10.5 Å². The molecule has 0 saturated heterocycles. The minimum absolute atomic E-state index is 0.220. The van der Waals surface area contributed by atoms with Crippen LogP contribution in [0.4, 0.5) is 15.2 Å². The van der Waals surface area contributed by atoms with Gasteiger partial charge in [0.25, 0.3) is 15.9 Å². The Morgan fingerprint density at radius 3 is 2.56 bits per heavy atom. The Morgan fingerprint density at radius 2 is 1.88 bits per heavy atom. The molecular formula is C16H12FN3O3S2. The summed E-state index contributed by atoms with van der Waals surface area (Å²) in [5.41, 5.74) is -0.0215. The third-order valence-corrected chi connectivity index (χ3v) is 5.24. The lowest BCUT2D eigenvalue weighted by molar-refractivity contribution is 0.102. The lowest BCUT2D eigenvalue weighted by Gasteiger charge is -2.10. The quantitative estimate of drug-likeness (QED) is 0.714. The molecule has 0 radical (unpaired) electrons. The Balaban J connectivity index is 1.89. The fourth-order valence-electron chi connectivity index (χ4n) is 2.02. The molecule has 0 bridgehead atoms. The number of hydrogen-bond acceptors (Lipinski definition) is 5. The van der Waals surface area contributed by atoms with Crippen LogP contribution < -0.4 is 10.0 Å². The maximum Gasteiger partial charge on any atom is 0.261 e. The van der Waals surface area contributed by atoms with Crippen molar-refractivity contribution in [1.82, 2.24) is 4.98 Å². The first-order valence-electron chi connectivity index (χ1n) is 7.04. The highest BCUT2D eigenvalue weighted by Crippen LogP contribution is 2.20. The van der Waals surface area contributed by atoms with Gasteiger partial charge in [-0.05, 0) is 30.3 Å². The summed E-state index contributed by atoms with van der Waals surface area (Å²) in [7, 11) is -3.96. The Hall–Kier alpha value is -2.78. The maximum atomic E-state index is 14.0. The van der Waals surface area contributed by atoms with E-state index in [1.165, 1.54) is 17.5 Å². The topological polar surface area (TPSA) is 88.2 Å². The average molecular weight is 377 g/mol. The molecule has 25 heavy (non-hydrogen) atoms. The molecule has 0 atom stereocenters. The largest absolute Gasteiger partial charge is 0.298 e. The zero-order chi connectivity index (χ0) is 17.9. The van der Waals surface area contributed by atoms with Crippen LogP contribution in [0.15, 0.2) is 65.0 Å². The second-order valence-electron chi connectivity index (χ2n) is 4.90. The molecule has 9 heteroatoms. The van der Waals surface area contributed by atoms with E-state index >= 15 is 0 Å². The molecule has 0 aliphatic rings. The molecular weight excluding hydrogens is 365 g/mol. The SMILES string of the molecule is O=C(Nc1nccs1)c1cc(S(=O)(=O)Nc2ccccc2)ccc1F. The number of nitrogens with zero attached hydrogens (tertiary/aromatic N) is 1. The number of hydrogen-bond donors (Lipinski definition) is 2. The van der Waals surface area contributed by atoms with E-state index in [0.717, 1.165) is 18.2 Å². The zero-order valence-corrected chi connectivity index (χ0v) is 14.3. The number of sulfonamides is 1. The monoisotopic (exact) mass is 377 g/mol. The van der Waals surface area contributed by atoms with Crippen molar-refractivity contribution in [3.05, 3.63) is 71.5 Å². The summed E-state index contributed by atoms with van der Waals surface area (Å²) in [4.78, 5) is 15.8. The fraction of sp³-hybridized carbons (Fsp3) is 0. The highest BCUT2D eigenvalue weighted by atomic mass is 32.2. The van der Waals surface area contributed by atoms with Crippen molar-refractivity contribution in [3.63, 3.8) is 0 Å². The molecule has 128 valence electrons. The average Bonchev–Trinajstić information content (AvgIpc) is 3.08. The molecule has 3 rings (SSSR count). The van der Waals surface area contributed by atoms with E-state index in [1.807, 2.05) is 0 Å². The fourth-order valence-corrected chi connectivity index (χ4v) is 3.62. The van der Waals surface area contributed by atoms with Crippen LogP contribution in [0, 0.1) is 5.82 Å². The van der Waals surface area contributed by atoms with Crippen LogP contribution in [-0.4, -0.2) is 19.3 Å². The van der Waals surface area contributed by atoms with Gasteiger partial charge in [0.2, 0.25) is 0 Å². The smallest absolute Gasteiger partial charge is 0.261 e. The Morgan fingerprint density at radius 1 is 1.12 bits per heavy atom. The molecule has 0 aliphatic carbocycles. The van der Waals surface area contributed by atoms with Gasteiger partial charge in [-0.2, -0.15) is 0 Å².